The standard InChI is InChI=1S/C19H24Cl2N4O3S/c1-19(2,3)16-12-14(23(4)22-16)18(26)24-8-10-25(11-9-24)29(27,28)15-7-5-6-13(20)17(15)21/h5-7,12H,8-11H2,1-4H3. The highest BCUT2D eigenvalue weighted by Gasteiger charge is 2.33. The van der Waals surface area contributed by atoms with Crippen molar-refractivity contribution in [1.82, 2.24) is 19.0 Å². The van der Waals surface area contributed by atoms with Gasteiger partial charge in [0.15, 0.2) is 0 Å². The first-order valence-corrected chi connectivity index (χ1v) is 11.4. The smallest absolute Gasteiger partial charge is 0.272 e. The van der Waals surface area contributed by atoms with Crippen LogP contribution in [0.5, 0.6) is 0 Å². The third-order valence-electron chi connectivity index (χ3n) is 4.93. The maximum atomic E-state index is 12.9. The molecule has 2 heterocycles. The molecule has 1 fully saturated rings. The zero-order valence-corrected chi connectivity index (χ0v) is 19.1. The van der Waals surface area contributed by atoms with Crippen LogP contribution in [-0.2, 0) is 22.5 Å². The molecular formula is C19H24Cl2N4O3S. The summed E-state index contributed by atoms with van der Waals surface area (Å²) in [7, 11) is -2.05. The molecule has 2 aromatic rings. The molecule has 0 unspecified atom stereocenters. The van der Waals surface area contributed by atoms with Crippen LogP contribution in [0.25, 0.3) is 0 Å². The Bertz CT molecular complexity index is 1040. The minimum absolute atomic E-state index is 0.0114. The summed E-state index contributed by atoms with van der Waals surface area (Å²) in [5, 5.41) is 4.64. The van der Waals surface area contributed by atoms with Crippen LogP contribution < -0.4 is 0 Å². The zero-order valence-electron chi connectivity index (χ0n) is 16.8. The van der Waals surface area contributed by atoms with Gasteiger partial charge in [0.05, 0.1) is 15.7 Å². The number of hydrogen-bond acceptors (Lipinski definition) is 4. The lowest BCUT2D eigenvalue weighted by molar-refractivity contribution is 0.0687. The Morgan fingerprint density at radius 3 is 2.28 bits per heavy atom. The van der Waals surface area contributed by atoms with E-state index in [0.29, 0.717) is 5.69 Å². The molecule has 0 bridgehead atoms. The van der Waals surface area contributed by atoms with E-state index in [1.54, 1.807) is 34.8 Å². The molecule has 1 aromatic carbocycles. The van der Waals surface area contributed by atoms with E-state index >= 15 is 0 Å². The number of halogens is 2. The minimum Gasteiger partial charge on any atom is -0.335 e. The molecule has 0 radical (unpaired) electrons. The van der Waals surface area contributed by atoms with Gasteiger partial charge in [0.25, 0.3) is 5.91 Å². The number of amides is 1. The minimum atomic E-state index is -3.79. The molecule has 0 spiro atoms. The van der Waals surface area contributed by atoms with Crippen molar-refractivity contribution in [2.45, 2.75) is 31.1 Å². The van der Waals surface area contributed by atoms with E-state index in [1.807, 2.05) is 20.8 Å². The van der Waals surface area contributed by atoms with E-state index in [0.717, 1.165) is 5.69 Å². The molecule has 0 atom stereocenters. The van der Waals surface area contributed by atoms with Gasteiger partial charge in [0.2, 0.25) is 10.0 Å². The highest BCUT2D eigenvalue weighted by atomic mass is 35.5. The number of aromatic nitrogens is 2. The fraction of sp³-hybridized carbons (Fsp3) is 0.474. The van der Waals surface area contributed by atoms with Crippen LogP contribution in [0.3, 0.4) is 0 Å². The summed E-state index contributed by atoms with van der Waals surface area (Å²) in [5.74, 6) is -0.159. The molecule has 7 nitrogen and oxygen atoms in total. The largest absolute Gasteiger partial charge is 0.335 e. The summed E-state index contributed by atoms with van der Waals surface area (Å²) < 4.78 is 28.8. The normalized spacial score (nSPS) is 16.3. The van der Waals surface area contributed by atoms with Crippen molar-refractivity contribution in [1.29, 1.82) is 0 Å². The van der Waals surface area contributed by atoms with Crippen LogP contribution in [0.15, 0.2) is 29.2 Å². The zero-order chi connectivity index (χ0) is 21.6. The predicted octanol–water partition coefficient (Wildman–Crippen LogP) is 3.17. The van der Waals surface area contributed by atoms with Gasteiger partial charge in [-0.1, -0.05) is 50.0 Å². The second-order valence-electron chi connectivity index (χ2n) is 8.04. The van der Waals surface area contributed by atoms with Crippen molar-refractivity contribution in [2.75, 3.05) is 26.2 Å². The highest BCUT2D eigenvalue weighted by Crippen LogP contribution is 2.31. The predicted molar refractivity (Wildman–Crippen MR) is 113 cm³/mol. The number of carbonyl (C=O) groups excluding carboxylic acids is 1. The Hall–Kier alpha value is -1.61. The molecule has 0 saturated carbocycles. The van der Waals surface area contributed by atoms with Crippen LogP contribution in [0.4, 0.5) is 0 Å². The average molecular weight is 459 g/mol. The molecule has 1 aromatic heterocycles. The highest BCUT2D eigenvalue weighted by molar-refractivity contribution is 7.89. The Morgan fingerprint density at radius 2 is 1.72 bits per heavy atom. The van der Waals surface area contributed by atoms with E-state index in [9.17, 15) is 13.2 Å². The monoisotopic (exact) mass is 458 g/mol. The van der Waals surface area contributed by atoms with Crippen LogP contribution >= 0.6 is 23.2 Å². The van der Waals surface area contributed by atoms with Crippen molar-refractivity contribution in [2.24, 2.45) is 7.05 Å². The Balaban J connectivity index is 1.75. The lowest BCUT2D eigenvalue weighted by Crippen LogP contribution is -2.50. The second kappa shape index (κ2) is 7.91. The van der Waals surface area contributed by atoms with E-state index in [4.69, 9.17) is 23.2 Å². The fourth-order valence-electron chi connectivity index (χ4n) is 3.15. The van der Waals surface area contributed by atoms with Crippen molar-refractivity contribution in [3.05, 3.63) is 45.7 Å². The molecule has 1 saturated heterocycles. The van der Waals surface area contributed by atoms with Crippen LogP contribution in [-0.4, -0.2) is 59.5 Å². The molecular weight excluding hydrogens is 435 g/mol. The number of aryl methyl sites for hydroxylation is 1. The van der Waals surface area contributed by atoms with Gasteiger partial charge in [-0.25, -0.2) is 8.42 Å². The summed E-state index contributed by atoms with van der Waals surface area (Å²) in [6.07, 6.45) is 0. The van der Waals surface area contributed by atoms with Crippen LogP contribution in [0.2, 0.25) is 10.0 Å². The van der Waals surface area contributed by atoms with Gasteiger partial charge < -0.3 is 4.90 Å². The molecule has 1 amide bonds. The van der Waals surface area contributed by atoms with Crippen molar-refractivity contribution < 1.29 is 13.2 Å². The molecule has 0 N–H and O–H groups in total. The van der Waals surface area contributed by atoms with Gasteiger partial charge in [0, 0.05) is 38.6 Å². The lowest BCUT2D eigenvalue weighted by Gasteiger charge is -2.34. The summed E-state index contributed by atoms with van der Waals surface area (Å²) >= 11 is 12.1. The molecule has 10 heteroatoms. The first-order valence-electron chi connectivity index (χ1n) is 9.21. The average Bonchev–Trinajstić information content (AvgIpc) is 3.05. The summed E-state index contributed by atoms with van der Waals surface area (Å²) in [6, 6.07) is 6.33. The molecule has 3 rings (SSSR count). The summed E-state index contributed by atoms with van der Waals surface area (Å²) in [4.78, 5) is 14.6. The summed E-state index contributed by atoms with van der Waals surface area (Å²) in [6.45, 7) is 7.04. The quantitative estimate of drug-likeness (QED) is 0.707. The first-order chi connectivity index (χ1) is 13.4. The van der Waals surface area contributed by atoms with E-state index in [1.165, 1.54) is 10.4 Å². The second-order valence-corrected chi connectivity index (χ2v) is 10.7. The first kappa shape index (κ1) is 22.1. The molecule has 158 valence electrons. The van der Waals surface area contributed by atoms with Crippen LogP contribution in [0, 0.1) is 0 Å². The van der Waals surface area contributed by atoms with E-state index in [2.05, 4.69) is 5.10 Å². The molecule has 1 aliphatic rings. The van der Waals surface area contributed by atoms with E-state index < -0.39 is 10.0 Å². The Labute approximate surface area is 181 Å². The number of nitrogens with zero attached hydrogens (tertiary/aromatic N) is 4. The number of carbonyl (C=O) groups is 1. The Morgan fingerprint density at radius 1 is 1.10 bits per heavy atom. The third kappa shape index (κ3) is 4.30. The third-order valence-corrected chi connectivity index (χ3v) is 7.80. The summed E-state index contributed by atoms with van der Waals surface area (Å²) in [5.41, 5.74) is 1.16. The number of piperazine rings is 1. The SMILES string of the molecule is Cn1nc(C(C)(C)C)cc1C(=O)N1CCN(S(=O)(=O)c2cccc(Cl)c2Cl)CC1. The van der Waals surface area contributed by atoms with Crippen molar-refractivity contribution in [3.63, 3.8) is 0 Å². The Kier molecular flexibility index (Phi) is 6.02. The van der Waals surface area contributed by atoms with Crippen molar-refractivity contribution in [3.8, 4) is 0 Å². The van der Waals surface area contributed by atoms with Crippen molar-refractivity contribution >= 4 is 39.1 Å². The van der Waals surface area contributed by atoms with Gasteiger partial charge in [-0.3, -0.25) is 9.48 Å². The number of hydrogen-bond donors (Lipinski definition) is 0. The van der Waals surface area contributed by atoms with Gasteiger partial charge in [-0.15, -0.1) is 0 Å². The number of rotatable bonds is 3. The van der Waals surface area contributed by atoms with Gasteiger partial charge in [-0.2, -0.15) is 9.40 Å². The number of benzene rings is 1. The van der Waals surface area contributed by atoms with E-state index in [-0.39, 0.29) is 52.4 Å². The van der Waals surface area contributed by atoms with Gasteiger partial charge >= 0.3 is 0 Å². The fourth-order valence-corrected chi connectivity index (χ4v) is 5.31. The number of sulfonamides is 1. The van der Waals surface area contributed by atoms with Crippen LogP contribution in [0.1, 0.15) is 37.0 Å². The molecule has 1 aliphatic heterocycles. The topological polar surface area (TPSA) is 75.5 Å². The molecule has 29 heavy (non-hydrogen) atoms. The van der Waals surface area contributed by atoms with Gasteiger partial charge in [0.1, 0.15) is 10.6 Å². The molecule has 0 aliphatic carbocycles. The van der Waals surface area contributed by atoms with Gasteiger partial charge in [-0.05, 0) is 18.2 Å². The maximum absolute atomic E-state index is 12.9. The maximum Gasteiger partial charge on any atom is 0.272 e. The lowest BCUT2D eigenvalue weighted by atomic mass is 9.92.